The number of phenols is 3. The van der Waals surface area contributed by atoms with Gasteiger partial charge in [0, 0.05) is 31.3 Å². The van der Waals surface area contributed by atoms with Gasteiger partial charge in [-0.15, -0.1) is 0 Å². The van der Waals surface area contributed by atoms with E-state index >= 15 is 0 Å². The Labute approximate surface area is 150 Å². The highest BCUT2D eigenvalue weighted by Crippen LogP contribution is 2.41. The molecule has 0 bridgehead atoms. The van der Waals surface area contributed by atoms with Gasteiger partial charge in [0.15, 0.2) is 0 Å². The molecule has 0 radical (unpaired) electrons. The third-order valence-electron chi connectivity index (χ3n) is 3.98. The van der Waals surface area contributed by atoms with E-state index in [0.29, 0.717) is 35.7 Å². The quantitative estimate of drug-likeness (QED) is 0.208. The predicted octanol–water partition coefficient (Wildman–Crippen LogP) is 4.11. The molecular formula is C17H21N5O4. The monoisotopic (exact) mass is 359 g/mol. The number of hydrogen-bond acceptors (Lipinski definition) is 9. The van der Waals surface area contributed by atoms with Crippen molar-refractivity contribution in [3.8, 4) is 17.2 Å². The number of anilines is 3. The van der Waals surface area contributed by atoms with E-state index in [1.165, 1.54) is 18.2 Å². The van der Waals surface area contributed by atoms with Crippen LogP contribution in [0.1, 0.15) is 12.5 Å². The second kappa shape index (κ2) is 8.15. The van der Waals surface area contributed by atoms with E-state index in [9.17, 15) is 20.2 Å². The number of nitrogens with one attached hydrogen (secondary N) is 2. The fourth-order valence-electron chi connectivity index (χ4n) is 2.58. The van der Waals surface area contributed by atoms with E-state index in [2.05, 4.69) is 15.6 Å². The van der Waals surface area contributed by atoms with Crippen LogP contribution < -0.4 is 10.2 Å². The first-order valence-corrected chi connectivity index (χ1v) is 7.99. The lowest BCUT2D eigenvalue weighted by atomic mass is 10.1. The van der Waals surface area contributed by atoms with Gasteiger partial charge in [-0.05, 0) is 25.5 Å². The lowest BCUT2D eigenvalue weighted by Crippen LogP contribution is -2.25. The number of nitroso groups, excluding NO2 is 1. The first-order chi connectivity index (χ1) is 12.4. The van der Waals surface area contributed by atoms with Crippen molar-refractivity contribution < 1.29 is 15.3 Å². The van der Waals surface area contributed by atoms with Crippen LogP contribution in [0.5, 0.6) is 17.2 Å². The molecule has 0 saturated heterocycles. The molecule has 0 aromatic heterocycles. The number of rotatable bonds is 8. The van der Waals surface area contributed by atoms with Crippen LogP contribution in [0.4, 0.5) is 22.7 Å². The lowest BCUT2D eigenvalue weighted by molar-refractivity contribution is 0.461. The van der Waals surface area contributed by atoms with Gasteiger partial charge in [-0.3, -0.25) is 0 Å². The van der Waals surface area contributed by atoms with E-state index in [1.807, 2.05) is 6.92 Å². The molecule has 0 aliphatic carbocycles. The van der Waals surface area contributed by atoms with E-state index in [-0.39, 0.29) is 29.5 Å². The van der Waals surface area contributed by atoms with Crippen molar-refractivity contribution in [1.29, 1.82) is 5.53 Å². The third kappa shape index (κ3) is 4.00. The van der Waals surface area contributed by atoms with Crippen LogP contribution in [-0.2, 0) is 0 Å². The largest absolute Gasteiger partial charge is 0.506 e. The van der Waals surface area contributed by atoms with Gasteiger partial charge in [0.2, 0.25) is 0 Å². The molecule has 0 unspecified atom stereocenters. The van der Waals surface area contributed by atoms with Crippen LogP contribution in [0.3, 0.4) is 0 Å². The smallest absolute Gasteiger partial charge is 0.141 e. The van der Waals surface area contributed by atoms with Crippen molar-refractivity contribution in [2.45, 2.75) is 13.8 Å². The van der Waals surface area contributed by atoms with Gasteiger partial charge >= 0.3 is 0 Å². The molecule has 26 heavy (non-hydrogen) atoms. The molecule has 0 aliphatic heterocycles. The maximum absolute atomic E-state index is 10.3. The summed E-state index contributed by atoms with van der Waals surface area (Å²) < 4.78 is 0. The highest BCUT2D eigenvalue weighted by molar-refractivity contribution is 5.77. The van der Waals surface area contributed by atoms with Crippen LogP contribution >= 0.6 is 0 Å². The van der Waals surface area contributed by atoms with Crippen LogP contribution in [0, 0.1) is 17.4 Å². The standard InChI is InChI=1S/C17H21N5O4/c1-3-22(5-4-19-26)14-9-16(24)13(8-17(14)25)20-12-6-10(2)11(21-18)7-15(12)23/h6-9,18,20,23-25H,3-5H2,1-2H3. The topological polar surface area (TPSA) is 142 Å². The molecule has 138 valence electrons. The van der Waals surface area contributed by atoms with Gasteiger partial charge in [-0.2, -0.15) is 10.0 Å². The summed E-state index contributed by atoms with van der Waals surface area (Å²) in [6.45, 7) is 4.49. The van der Waals surface area contributed by atoms with Crippen LogP contribution in [-0.4, -0.2) is 35.0 Å². The second-order valence-corrected chi connectivity index (χ2v) is 5.68. The molecule has 0 aliphatic rings. The second-order valence-electron chi connectivity index (χ2n) is 5.68. The Balaban J connectivity index is 2.35. The summed E-state index contributed by atoms with van der Waals surface area (Å²) >= 11 is 0. The summed E-state index contributed by atoms with van der Waals surface area (Å²) in [4.78, 5) is 12.0. The normalized spacial score (nSPS) is 10.4. The molecule has 2 aromatic carbocycles. The number of likely N-dealkylation sites (N-methyl/N-ethyl adjacent to an activating group) is 1. The maximum Gasteiger partial charge on any atom is 0.141 e. The number of benzene rings is 2. The highest BCUT2D eigenvalue weighted by Gasteiger charge is 2.15. The Hall–Kier alpha value is -3.36. The molecule has 0 heterocycles. The Morgan fingerprint density at radius 2 is 1.73 bits per heavy atom. The van der Waals surface area contributed by atoms with Gasteiger partial charge < -0.3 is 25.5 Å². The van der Waals surface area contributed by atoms with Crippen molar-refractivity contribution in [3.05, 3.63) is 34.7 Å². The van der Waals surface area contributed by atoms with Crippen molar-refractivity contribution in [2.24, 2.45) is 10.3 Å². The molecule has 0 atom stereocenters. The highest BCUT2D eigenvalue weighted by atomic mass is 16.3. The van der Waals surface area contributed by atoms with Gasteiger partial charge in [-0.1, -0.05) is 5.18 Å². The molecule has 9 heteroatoms. The first kappa shape index (κ1) is 19.0. The molecule has 9 nitrogen and oxygen atoms in total. The lowest BCUT2D eigenvalue weighted by Gasteiger charge is -2.23. The number of phenolic OH excluding ortho intramolecular Hbond substituents is 3. The van der Waals surface area contributed by atoms with E-state index in [0.717, 1.165) is 0 Å². The van der Waals surface area contributed by atoms with Crippen molar-refractivity contribution in [1.82, 2.24) is 0 Å². The molecular weight excluding hydrogens is 338 g/mol. The summed E-state index contributed by atoms with van der Waals surface area (Å²) in [6.07, 6.45) is 0. The summed E-state index contributed by atoms with van der Waals surface area (Å²) in [7, 11) is 0. The minimum Gasteiger partial charge on any atom is -0.506 e. The van der Waals surface area contributed by atoms with Gasteiger partial charge in [0.1, 0.15) is 17.2 Å². The number of aryl methyl sites for hydroxylation is 1. The Bertz CT molecular complexity index is 825. The fourth-order valence-corrected chi connectivity index (χ4v) is 2.58. The Morgan fingerprint density at radius 1 is 1.08 bits per heavy atom. The summed E-state index contributed by atoms with van der Waals surface area (Å²) in [5, 5.41) is 39.6. The molecule has 2 aromatic rings. The van der Waals surface area contributed by atoms with Gasteiger partial charge in [-0.25, -0.2) is 5.53 Å². The maximum atomic E-state index is 10.3. The van der Waals surface area contributed by atoms with Crippen LogP contribution in [0.2, 0.25) is 0 Å². The Morgan fingerprint density at radius 3 is 2.35 bits per heavy atom. The van der Waals surface area contributed by atoms with E-state index < -0.39 is 0 Å². The van der Waals surface area contributed by atoms with Crippen LogP contribution in [0.25, 0.3) is 0 Å². The summed E-state index contributed by atoms with van der Waals surface area (Å²) in [5.74, 6) is -0.370. The van der Waals surface area contributed by atoms with E-state index in [1.54, 1.807) is 17.9 Å². The van der Waals surface area contributed by atoms with Gasteiger partial charge in [0.05, 0.1) is 29.3 Å². The third-order valence-corrected chi connectivity index (χ3v) is 3.98. The summed E-state index contributed by atoms with van der Waals surface area (Å²) in [6, 6.07) is 5.63. The number of aromatic hydroxyl groups is 3. The first-order valence-electron chi connectivity index (χ1n) is 7.99. The average molecular weight is 359 g/mol. The average Bonchev–Trinajstić information content (AvgIpc) is 2.62. The van der Waals surface area contributed by atoms with Gasteiger partial charge in [0.25, 0.3) is 0 Å². The van der Waals surface area contributed by atoms with Crippen molar-refractivity contribution >= 4 is 22.7 Å². The molecule has 0 spiro atoms. The molecule has 5 N–H and O–H groups in total. The number of nitrogens with zero attached hydrogens (tertiary/aromatic N) is 3. The fraction of sp³-hybridized carbons (Fsp3) is 0.294. The van der Waals surface area contributed by atoms with Crippen LogP contribution in [0.15, 0.2) is 34.6 Å². The summed E-state index contributed by atoms with van der Waals surface area (Å²) in [5.41, 5.74) is 8.93. The zero-order valence-electron chi connectivity index (χ0n) is 14.5. The zero-order chi connectivity index (χ0) is 19.3. The zero-order valence-corrected chi connectivity index (χ0v) is 14.5. The minimum absolute atomic E-state index is 0.0641. The molecule has 0 fully saturated rings. The molecule has 2 rings (SSSR count). The SMILES string of the molecule is CCN(CCN=O)c1cc(O)c(Nc2cc(C)c(N=N)cc2O)cc1O. The Kier molecular flexibility index (Phi) is 5.94. The van der Waals surface area contributed by atoms with Crippen molar-refractivity contribution in [2.75, 3.05) is 29.9 Å². The molecule has 0 amide bonds. The van der Waals surface area contributed by atoms with Crippen molar-refractivity contribution in [3.63, 3.8) is 0 Å². The molecule has 0 saturated carbocycles. The van der Waals surface area contributed by atoms with E-state index in [4.69, 9.17) is 5.53 Å². The predicted molar refractivity (Wildman–Crippen MR) is 99.3 cm³/mol. The minimum atomic E-state index is -0.142. The number of hydrogen-bond donors (Lipinski definition) is 5.